The molecule has 2 aromatic rings. The fourth-order valence-electron chi connectivity index (χ4n) is 1.36. The molecule has 0 radical (unpaired) electrons. The molecule has 0 aliphatic rings. The van der Waals surface area contributed by atoms with Crippen LogP contribution < -0.4 is 11.3 Å². The molecule has 0 fully saturated rings. The Labute approximate surface area is 109 Å². The standard InChI is InChI=1S/C11H14N4S2/c1-2-4-8-13-9(15-12)7-10(14-8)17-11-5-3-6-16-11/h3,5-7H,2,4,12H2,1H3,(H,13,14,15). The van der Waals surface area contributed by atoms with Gasteiger partial charge in [-0.25, -0.2) is 15.8 Å². The lowest BCUT2D eigenvalue weighted by Crippen LogP contribution is -2.10. The van der Waals surface area contributed by atoms with Crippen molar-refractivity contribution in [2.45, 2.75) is 29.0 Å². The van der Waals surface area contributed by atoms with Crippen LogP contribution in [0.1, 0.15) is 19.2 Å². The third-order valence-corrected chi connectivity index (χ3v) is 4.03. The van der Waals surface area contributed by atoms with Crippen molar-refractivity contribution in [3.05, 3.63) is 29.4 Å². The molecule has 0 bridgehead atoms. The van der Waals surface area contributed by atoms with E-state index >= 15 is 0 Å². The number of nitrogen functional groups attached to an aromatic ring is 1. The molecule has 6 heteroatoms. The first-order valence-corrected chi connectivity index (χ1v) is 7.07. The SMILES string of the molecule is CCCc1nc(NN)cc(Sc2cccs2)n1. The summed E-state index contributed by atoms with van der Waals surface area (Å²) in [6, 6.07) is 5.97. The molecule has 0 saturated carbocycles. The van der Waals surface area contributed by atoms with Crippen LogP contribution in [0.2, 0.25) is 0 Å². The summed E-state index contributed by atoms with van der Waals surface area (Å²) in [6.45, 7) is 2.11. The first-order valence-electron chi connectivity index (χ1n) is 5.37. The maximum absolute atomic E-state index is 5.41. The maximum Gasteiger partial charge on any atom is 0.144 e. The van der Waals surface area contributed by atoms with Gasteiger partial charge in [-0.2, -0.15) is 0 Å². The van der Waals surface area contributed by atoms with Gasteiger partial charge in [-0.3, -0.25) is 0 Å². The Morgan fingerprint density at radius 2 is 2.35 bits per heavy atom. The molecular weight excluding hydrogens is 252 g/mol. The molecule has 0 aliphatic carbocycles. The minimum atomic E-state index is 0.669. The molecule has 0 aromatic carbocycles. The molecule has 4 nitrogen and oxygen atoms in total. The maximum atomic E-state index is 5.41. The Morgan fingerprint density at radius 3 is 3.00 bits per heavy atom. The van der Waals surface area contributed by atoms with Gasteiger partial charge < -0.3 is 5.43 Å². The third-order valence-electron chi connectivity index (χ3n) is 2.07. The van der Waals surface area contributed by atoms with Crippen LogP contribution in [0.3, 0.4) is 0 Å². The predicted molar refractivity (Wildman–Crippen MR) is 72.3 cm³/mol. The van der Waals surface area contributed by atoms with Gasteiger partial charge in [-0.05, 0) is 17.9 Å². The highest BCUT2D eigenvalue weighted by Gasteiger charge is 2.05. The lowest BCUT2D eigenvalue weighted by molar-refractivity contribution is 0.810. The summed E-state index contributed by atoms with van der Waals surface area (Å²) in [5.41, 5.74) is 2.58. The number of anilines is 1. The van der Waals surface area contributed by atoms with Gasteiger partial charge in [-0.1, -0.05) is 24.8 Å². The van der Waals surface area contributed by atoms with Gasteiger partial charge >= 0.3 is 0 Å². The lowest BCUT2D eigenvalue weighted by Gasteiger charge is -2.05. The molecule has 0 amide bonds. The normalized spacial score (nSPS) is 10.5. The van der Waals surface area contributed by atoms with Crippen molar-refractivity contribution in [2.24, 2.45) is 5.84 Å². The highest BCUT2D eigenvalue weighted by molar-refractivity contribution is 8.01. The summed E-state index contributed by atoms with van der Waals surface area (Å²) in [5.74, 6) is 6.91. The van der Waals surface area contributed by atoms with E-state index in [4.69, 9.17) is 5.84 Å². The van der Waals surface area contributed by atoms with Crippen LogP contribution in [0.25, 0.3) is 0 Å². The van der Waals surface area contributed by atoms with Crippen molar-refractivity contribution in [1.82, 2.24) is 9.97 Å². The van der Waals surface area contributed by atoms with Crippen LogP contribution in [0.15, 0.2) is 32.8 Å². The summed E-state index contributed by atoms with van der Waals surface area (Å²) >= 11 is 3.34. The summed E-state index contributed by atoms with van der Waals surface area (Å²) in [5, 5.41) is 2.98. The molecule has 2 heterocycles. The second kappa shape index (κ2) is 6.00. The minimum absolute atomic E-state index is 0.669. The quantitative estimate of drug-likeness (QED) is 0.495. The number of hydrogen-bond donors (Lipinski definition) is 2. The number of nitrogens with two attached hydrogens (primary N) is 1. The first kappa shape index (κ1) is 12.3. The van der Waals surface area contributed by atoms with Crippen LogP contribution in [-0.4, -0.2) is 9.97 Å². The molecule has 0 spiro atoms. The largest absolute Gasteiger partial charge is 0.308 e. The van der Waals surface area contributed by atoms with Crippen molar-refractivity contribution >= 4 is 28.9 Å². The lowest BCUT2D eigenvalue weighted by atomic mass is 10.3. The Kier molecular flexibility index (Phi) is 4.36. The highest BCUT2D eigenvalue weighted by Crippen LogP contribution is 2.30. The molecule has 0 saturated heterocycles. The first-order chi connectivity index (χ1) is 8.31. The van der Waals surface area contributed by atoms with E-state index in [1.807, 2.05) is 12.1 Å². The van der Waals surface area contributed by atoms with Crippen molar-refractivity contribution in [1.29, 1.82) is 0 Å². The predicted octanol–water partition coefficient (Wildman–Crippen LogP) is 2.93. The van der Waals surface area contributed by atoms with Gasteiger partial charge in [0.1, 0.15) is 16.7 Å². The highest BCUT2D eigenvalue weighted by atomic mass is 32.2. The van der Waals surface area contributed by atoms with E-state index in [0.29, 0.717) is 5.82 Å². The number of rotatable bonds is 5. The summed E-state index contributed by atoms with van der Waals surface area (Å²) in [6.07, 6.45) is 1.89. The molecule has 0 aliphatic heterocycles. The molecule has 0 atom stereocenters. The average molecular weight is 266 g/mol. The Morgan fingerprint density at radius 1 is 1.47 bits per heavy atom. The van der Waals surface area contributed by atoms with Gasteiger partial charge in [0.15, 0.2) is 0 Å². The Hall–Kier alpha value is -1.11. The molecule has 2 rings (SSSR count). The van der Waals surface area contributed by atoms with Gasteiger partial charge in [0.25, 0.3) is 0 Å². The fourth-order valence-corrected chi connectivity index (χ4v) is 3.10. The molecule has 0 unspecified atom stereocenters. The van der Waals surface area contributed by atoms with E-state index in [0.717, 1.165) is 23.7 Å². The summed E-state index contributed by atoms with van der Waals surface area (Å²) < 4.78 is 1.22. The Bertz CT molecular complexity index is 470. The van der Waals surface area contributed by atoms with Gasteiger partial charge in [0.05, 0.1) is 4.21 Å². The number of nitrogens with one attached hydrogen (secondary N) is 1. The monoisotopic (exact) mass is 266 g/mol. The summed E-state index contributed by atoms with van der Waals surface area (Å²) in [4.78, 5) is 8.82. The van der Waals surface area contributed by atoms with E-state index in [1.54, 1.807) is 23.1 Å². The smallest absolute Gasteiger partial charge is 0.144 e. The molecule has 2 aromatic heterocycles. The number of hydrogen-bond acceptors (Lipinski definition) is 6. The van der Waals surface area contributed by atoms with E-state index in [9.17, 15) is 0 Å². The second-order valence-corrected chi connectivity index (χ2v) is 5.70. The molecule has 3 N–H and O–H groups in total. The minimum Gasteiger partial charge on any atom is -0.308 e. The van der Waals surface area contributed by atoms with Crippen LogP contribution in [0.4, 0.5) is 5.82 Å². The number of nitrogens with zero attached hydrogens (tertiary/aromatic N) is 2. The summed E-state index contributed by atoms with van der Waals surface area (Å²) in [7, 11) is 0. The van der Waals surface area contributed by atoms with Gasteiger partial charge in [0, 0.05) is 12.5 Å². The van der Waals surface area contributed by atoms with Crippen LogP contribution in [0, 0.1) is 0 Å². The van der Waals surface area contributed by atoms with E-state index in [-0.39, 0.29) is 0 Å². The van der Waals surface area contributed by atoms with Crippen molar-refractivity contribution in [3.63, 3.8) is 0 Å². The zero-order valence-electron chi connectivity index (χ0n) is 9.51. The number of thiophene rings is 1. The molecule has 17 heavy (non-hydrogen) atoms. The van der Waals surface area contributed by atoms with E-state index in [1.165, 1.54) is 4.21 Å². The van der Waals surface area contributed by atoms with E-state index < -0.39 is 0 Å². The van der Waals surface area contributed by atoms with Crippen LogP contribution in [-0.2, 0) is 6.42 Å². The van der Waals surface area contributed by atoms with Crippen molar-refractivity contribution < 1.29 is 0 Å². The number of aromatic nitrogens is 2. The topological polar surface area (TPSA) is 63.8 Å². The van der Waals surface area contributed by atoms with Crippen LogP contribution >= 0.6 is 23.1 Å². The van der Waals surface area contributed by atoms with Crippen LogP contribution in [0.5, 0.6) is 0 Å². The molecule has 90 valence electrons. The second-order valence-electron chi connectivity index (χ2n) is 3.44. The third kappa shape index (κ3) is 3.42. The fraction of sp³-hybridized carbons (Fsp3) is 0.273. The van der Waals surface area contributed by atoms with Crippen molar-refractivity contribution in [3.8, 4) is 0 Å². The zero-order chi connectivity index (χ0) is 12.1. The molecular formula is C11H14N4S2. The zero-order valence-corrected chi connectivity index (χ0v) is 11.1. The number of hydrazine groups is 1. The van der Waals surface area contributed by atoms with Crippen molar-refractivity contribution in [2.75, 3.05) is 5.43 Å². The van der Waals surface area contributed by atoms with E-state index in [2.05, 4.69) is 33.8 Å². The van der Waals surface area contributed by atoms with Gasteiger partial charge in [-0.15, -0.1) is 11.3 Å². The van der Waals surface area contributed by atoms with Gasteiger partial charge in [0.2, 0.25) is 0 Å². The Balaban J connectivity index is 2.23. The number of aryl methyl sites for hydroxylation is 1. The average Bonchev–Trinajstić information content (AvgIpc) is 2.82.